The van der Waals surface area contributed by atoms with Gasteiger partial charge in [0, 0.05) is 25.4 Å². The number of halogens is 2. The number of amides is 1. The lowest BCUT2D eigenvalue weighted by atomic mass is 10.1. The molecule has 0 unspecified atom stereocenters. The first kappa shape index (κ1) is 18.2. The van der Waals surface area contributed by atoms with Crippen LogP contribution in [0.25, 0.3) is 21.8 Å². The van der Waals surface area contributed by atoms with E-state index in [9.17, 15) is 14.0 Å². The van der Waals surface area contributed by atoms with Gasteiger partial charge in [0.15, 0.2) is 0 Å². The highest BCUT2D eigenvalue weighted by Crippen LogP contribution is 2.24. The SMILES string of the molecule is Cn1ncc2c(=O)n(CCC(=O)Nc3ccccc3Cl)c3cc(F)ccc3c21. The third-order valence-corrected chi connectivity index (χ3v) is 4.96. The average molecular weight is 399 g/mol. The fourth-order valence-electron chi connectivity index (χ4n) is 3.31. The van der Waals surface area contributed by atoms with Crippen LogP contribution in [0.5, 0.6) is 0 Å². The van der Waals surface area contributed by atoms with Crippen molar-refractivity contribution < 1.29 is 9.18 Å². The van der Waals surface area contributed by atoms with Crippen molar-refractivity contribution in [2.24, 2.45) is 7.05 Å². The molecule has 1 amide bonds. The second kappa shape index (κ2) is 7.09. The molecule has 4 rings (SSSR count). The fraction of sp³-hybridized carbons (Fsp3) is 0.150. The summed E-state index contributed by atoms with van der Waals surface area (Å²) in [7, 11) is 1.73. The molecule has 0 radical (unpaired) electrons. The molecule has 0 saturated heterocycles. The molecule has 0 atom stereocenters. The highest BCUT2D eigenvalue weighted by Gasteiger charge is 2.16. The second-order valence-corrected chi connectivity index (χ2v) is 6.83. The Labute approximate surface area is 164 Å². The number of para-hydroxylation sites is 1. The first-order valence-electron chi connectivity index (χ1n) is 8.64. The molecule has 1 N–H and O–H groups in total. The molecular formula is C20H16ClFN4O2. The minimum absolute atomic E-state index is 0.0303. The number of hydrogen-bond acceptors (Lipinski definition) is 3. The Bertz CT molecular complexity index is 1280. The van der Waals surface area contributed by atoms with Crippen LogP contribution >= 0.6 is 11.6 Å². The standard InChI is InChI=1S/C20H16ClFN4O2/c1-25-19-13-7-6-12(22)10-17(13)26(20(28)14(19)11-23-25)9-8-18(27)24-16-5-3-2-4-15(16)21/h2-7,10-11H,8-9H2,1H3,(H,24,27). The topological polar surface area (TPSA) is 68.9 Å². The molecule has 0 spiro atoms. The zero-order chi connectivity index (χ0) is 19.8. The van der Waals surface area contributed by atoms with E-state index in [1.165, 1.54) is 22.9 Å². The van der Waals surface area contributed by atoms with Gasteiger partial charge in [0.2, 0.25) is 5.91 Å². The third-order valence-electron chi connectivity index (χ3n) is 4.63. The number of nitrogens with one attached hydrogen (secondary N) is 1. The minimum atomic E-state index is -0.456. The van der Waals surface area contributed by atoms with Gasteiger partial charge in [0.25, 0.3) is 5.56 Å². The maximum absolute atomic E-state index is 13.9. The highest BCUT2D eigenvalue weighted by molar-refractivity contribution is 6.33. The number of anilines is 1. The van der Waals surface area contributed by atoms with Crippen LogP contribution in [0.15, 0.2) is 53.5 Å². The maximum atomic E-state index is 13.9. The molecule has 0 fully saturated rings. The van der Waals surface area contributed by atoms with Crippen molar-refractivity contribution in [1.29, 1.82) is 0 Å². The molecule has 142 valence electrons. The molecule has 0 bridgehead atoms. The van der Waals surface area contributed by atoms with Crippen LogP contribution in [0, 0.1) is 5.82 Å². The molecule has 4 aromatic rings. The van der Waals surface area contributed by atoms with Gasteiger partial charge in [-0.15, -0.1) is 0 Å². The number of pyridine rings is 1. The van der Waals surface area contributed by atoms with Gasteiger partial charge >= 0.3 is 0 Å². The summed E-state index contributed by atoms with van der Waals surface area (Å²) in [6.07, 6.45) is 1.52. The van der Waals surface area contributed by atoms with Gasteiger partial charge in [-0.05, 0) is 30.3 Å². The quantitative estimate of drug-likeness (QED) is 0.569. The average Bonchev–Trinajstić information content (AvgIpc) is 3.05. The predicted octanol–water partition coefficient (Wildman–Crippen LogP) is 3.71. The van der Waals surface area contributed by atoms with Crippen molar-refractivity contribution in [2.45, 2.75) is 13.0 Å². The molecule has 2 aromatic carbocycles. The lowest BCUT2D eigenvalue weighted by Gasteiger charge is -2.12. The van der Waals surface area contributed by atoms with Crippen molar-refractivity contribution in [3.05, 3.63) is 69.9 Å². The van der Waals surface area contributed by atoms with E-state index in [-0.39, 0.29) is 24.4 Å². The Morgan fingerprint density at radius 3 is 2.79 bits per heavy atom. The van der Waals surface area contributed by atoms with E-state index >= 15 is 0 Å². The number of aromatic nitrogens is 3. The maximum Gasteiger partial charge on any atom is 0.262 e. The Morgan fingerprint density at radius 2 is 2.00 bits per heavy atom. The Kier molecular flexibility index (Phi) is 4.60. The van der Waals surface area contributed by atoms with Crippen LogP contribution in [0.3, 0.4) is 0 Å². The van der Waals surface area contributed by atoms with E-state index in [0.29, 0.717) is 32.5 Å². The van der Waals surface area contributed by atoms with Gasteiger partial charge in [-0.2, -0.15) is 5.10 Å². The Hall–Kier alpha value is -3.19. The van der Waals surface area contributed by atoms with Crippen LogP contribution in [0.2, 0.25) is 5.02 Å². The van der Waals surface area contributed by atoms with E-state index in [1.54, 1.807) is 42.1 Å². The van der Waals surface area contributed by atoms with E-state index in [2.05, 4.69) is 10.4 Å². The lowest BCUT2D eigenvalue weighted by Crippen LogP contribution is -2.24. The summed E-state index contributed by atoms with van der Waals surface area (Å²) < 4.78 is 16.9. The Morgan fingerprint density at radius 1 is 1.21 bits per heavy atom. The Balaban J connectivity index is 1.71. The number of rotatable bonds is 4. The van der Waals surface area contributed by atoms with Gasteiger partial charge < -0.3 is 9.88 Å². The molecule has 0 aliphatic rings. The van der Waals surface area contributed by atoms with Gasteiger partial charge in [0.1, 0.15) is 5.82 Å². The molecular weight excluding hydrogens is 383 g/mol. The minimum Gasteiger partial charge on any atom is -0.325 e. The number of hydrogen-bond donors (Lipinski definition) is 1. The number of aryl methyl sites for hydroxylation is 2. The summed E-state index contributed by atoms with van der Waals surface area (Å²) in [5.74, 6) is -0.751. The van der Waals surface area contributed by atoms with Crippen molar-refractivity contribution >= 4 is 45.0 Å². The molecule has 6 nitrogen and oxygen atoms in total. The van der Waals surface area contributed by atoms with Crippen molar-refractivity contribution in [3.63, 3.8) is 0 Å². The van der Waals surface area contributed by atoms with Gasteiger partial charge in [-0.1, -0.05) is 23.7 Å². The normalized spacial score (nSPS) is 11.2. The molecule has 2 aromatic heterocycles. The monoisotopic (exact) mass is 398 g/mol. The van der Waals surface area contributed by atoms with E-state index in [1.807, 2.05) is 0 Å². The van der Waals surface area contributed by atoms with Crippen molar-refractivity contribution in [1.82, 2.24) is 14.3 Å². The van der Waals surface area contributed by atoms with Gasteiger partial charge in [-0.25, -0.2) is 4.39 Å². The zero-order valence-electron chi connectivity index (χ0n) is 14.9. The summed E-state index contributed by atoms with van der Waals surface area (Å²) >= 11 is 6.05. The molecule has 28 heavy (non-hydrogen) atoms. The largest absolute Gasteiger partial charge is 0.325 e. The number of carbonyl (C=O) groups excluding carboxylic acids is 1. The summed E-state index contributed by atoms with van der Waals surface area (Å²) in [6, 6.07) is 11.2. The molecule has 0 aliphatic heterocycles. The van der Waals surface area contributed by atoms with Crippen LogP contribution < -0.4 is 10.9 Å². The summed E-state index contributed by atoms with van der Waals surface area (Å²) in [5.41, 5.74) is 1.25. The lowest BCUT2D eigenvalue weighted by molar-refractivity contribution is -0.116. The van der Waals surface area contributed by atoms with Crippen LogP contribution in [0.4, 0.5) is 10.1 Å². The van der Waals surface area contributed by atoms with Crippen LogP contribution in [-0.2, 0) is 18.4 Å². The molecule has 2 heterocycles. The van der Waals surface area contributed by atoms with Crippen molar-refractivity contribution in [3.8, 4) is 0 Å². The van der Waals surface area contributed by atoms with E-state index in [0.717, 1.165) is 0 Å². The van der Waals surface area contributed by atoms with Crippen molar-refractivity contribution in [2.75, 3.05) is 5.32 Å². The second-order valence-electron chi connectivity index (χ2n) is 6.43. The smallest absolute Gasteiger partial charge is 0.262 e. The first-order valence-corrected chi connectivity index (χ1v) is 9.01. The number of nitrogens with zero attached hydrogens (tertiary/aromatic N) is 3. The van der Waals surface area contributed by atoms with Crippen LogP contribution in [-0.4, -0.2) is 20.3 Å². The highest BCUT2D eigenvalue weighted by atomic mass is 35.5. The molecule has 0 aliphatic carbocycles. The molecule has 0 saturated carbocycles. The third kappa shape index (κ3) is 3.14. The zero-order valence-corrected chi connectivity index (χ0v) is 15.7. The first-order chi connectivity index (χ1) is 13.5. The molecule has 8 heteroatoms. The van der Waals surface area contributed by atoms with Crippen LogP contribution in [0.1, 0.15) is 6.42 Å². The van der Waals surface area contributed by atoms with Gasteiger partial charge in [0.05, 0.1) is 33.3 Å². The van der Waals surface area contributed by atoms with E-state index in [4.69, 9.17) is 11.6 Å². The number of benzene rings is 2. The van der Waals surface area contributed by atoms with E-state index < -0.39 is 5.82 Å². The summed E-state index contributed by atoms with van der Waals surface area (Å²) in [6.45, 7) is 0.0971. The fourth-order valence-corrected chi connectivity index (χ4v) is 3.49. The number of carbonyl (C=O) groups is 1. The summed E-state index contributed by atoms with van der Waals surface area (Å²) in [5, 5.41) is 8.42. The summed E-state index contributed by atoms with van der Waals surface area (Å²) in [4.78, 5) is 25.3. The van der Waals surface area contributed by atoms with Gasteiger partial charge in [-0.3, -0.25) is 14.3 Å². The number of fused-ring (bicyclic) bond motifs is 3. The predicted molar refractivity (Wildman–Crippen MR) is 107 cm³/mol.